The number of nitrogens with one attached hydrogen (secondary N) is 2. The second-order valence-corrected chi connectivity index (χ2v) is 13.8. The fourth-order valence-electron chi connectivity index (χ4n) is 8.08. The number of aromatic amines is 2. The number of ether oxygens (including phenoxy) is 3. The molecule has 280 valence electrons. The summed E-state index contributed by atoms with van der Waals surface area (Å²) in [6, 6.07) is 10.3. The van der Waals surface area contributed by atoms with Gasteiger partial charge in [-0.3, -0.25) is 19.2 Å². The Morgan fingerprint density at radius 2 is 1.75 bits per heavy atom. The first-order chi connectivity index (χ1) is 25.3. The number of carboxylic acid groups (broad SMARTS) is 2. The number of para-hydroxylation sites is 1. The van der Waals surface area contributed by atoms with E-state index < -0.39 is 30.1 Å². The van der Waals surface area contributed by atoms with Gasteiger partial charge < -0.3 is 50.8 Å². The molecular weight excluding hydrogens is 684 g/mol. The van der Waals surface area contributed by atoms with Crippen LogP contribution in [0.25, 0.3) is 10.9 Å². The molecule has 4 aromatic rings. The first kappa shape index (κ1) is 37.3. The molecule has 7 atom stereocenters. The van der Waals surface area contributed by atoms with Gasteiger partial charge in [-0.25, -0.2) is 4.98 Å². The summed E-state index contributed by atoms with van der Waals surface area (Å²) in [5.41, 5.74) is 15.6. The molecule has 2 bridgehead atoms. The third kappa shape index (κ3) is 7.40. The van der Waals surface area contributed by atoms with Crippen molar-refractivity contribution in [2.45, 2.75) is 75.3 Å². The van der Waals surface area contributed by atoms with Gasteiger partial charge in [0.05, 0.1) is 6.33 Å². The Balaban J connectivity index is 0.000000155. The Bertz CT molecular complexity index is 2030. The summed E-state index contributed by atoms with van der Waals surface area (Å²) in [7, 11) is 2.17. The third-order valence-corrected chi connectivity index (χ3v) is 10.4. The number of hydrogen-bond donors (Lipinski definition) is 6. The highest BCUT2D eigenvalue weighted by Crippen LogP contribution is 2.62. The molecule has 4 aliphatic rings. The number of aliphatic carboxylic acids is 2. The number of esters is 2. The van der Waals surface area contributed by atoms with Crippen molar-refractivity contribution in [3.05, 3.63) is 89.7 Å². The van der Waals surface area contributed by atoms with Crippen molar-refractivity contribution in [3.63, 3.8) is 0 Å². The molecule has 2 aromatic carbocycles. The summed E-state index contributed by atoms with van der Waals surface area (Å²) in [6.07, 6.45) is 10.8. The molecule has 8 rings (SSSR count). The van der Waals surface area contributed by atoms with Crippen LogP contribution in [0.15, 0.2) is 67.3 Å². The third-order valence-electron chi connectivity index (χ3n) is 10.4. The Morgan fingerprint density at radius 3 is 2.43 bits per heavy atom. The number of imidazole rings is 1. The maximum absolute atomic E-state index is 11.7. The molecule has 53 heavy (non-hydrogen) atoms. The average molecular weight is 729 g/mol. The van der Waals surface area contributed by atoms with E-state index in [9.17, 15) is 19.2 Å². The topological polar surface area (TPSA) is 236 Å². The second kappa shape index (κ2) is 15.2. The number of carboxylic acids is 2. The predicted molar refractivity (Wildman–Crippen MR) is 192 cm³/mol. The summed E-state index contributed by atoms with van der Waals surface area (Å²) >= 11 is 0. The van der Waals surface area contributed by atoms with E-state index >= 15 is 0 Å². The lowest BCUT2D eigenvalue weighted by Gasteiger charge is -2.56. The lowest BCUT2D eigenvalue weighted by Crippen LogP contribution is -2.65. The van der Waals surface area contributed by atoms with E-state index in [0.717, 1.165) is 47.1 Å². The van der Waals surface area contributed by atoms with Crippen LogP contribution in [-0.2, 0) is 48.6 Å². The van der Waals surface area contributed by atoms with Crippen LogP contribution in [0.2, 0.25) is 0 Å². The maximum atomic E-state index is 11.7. The Hall–Kier alpha value is -5.51. The molecule has 0 saturated carbocycles. The largest absolute Gasteiger partial charge is 0.481 e. The summed E-state index contributed by atoms with van der Waals surface area (Å²) in [4.78, 5) is 56.2. The number of H-pyrrole nitrogens is 2. The molecule has 8 N–H and O–H groups in total. The zero-order valence-corrected chi connectivity index (χ0v) is 29.7. The van der Waals surface area contributed by atoms with E-state index in [4.69, 9.17) is 35.9 Å². The predicted octanol–water partition coefficient (Wildman–Crippen LogP) is 2.48. The van der Waals surface area contributed by atoms with Crippen LogP contribution in [0.5, 0.6) is 11.5 Å². The van der Waals surface area contributed by atoms with Crippen LogP contribution in [0, 0.1) is 5.92 Å². The van der Waals surface area contributed by atoms with E-state index in [2.05, 4.69) is 39.0 Å². The molecule has 1 saturated heterocycles. The van der Waals surface area contributed by atoms with Gasteiger partial charge in [-0.05, 0) is 55.8 Å². The Kier molecular flexibility index (Phi) is 10.7. The average Bonchev–Trinajstić information content (AvgIpc) is 3.86. The molecule has 4 heterocycles. The molecule has 15 heteroatoms. The first-order valence-electron chi connectivity index (χ1n) is 17.4. The zero-order valence-electron chi connectivity index (χ0n) is 29.7. The minimum Gasteiger partial charge on any atom is -0.481 e. The molecule has 2 aliphatic carbocycles. The number of likely N-dealkylation sites (N-methyl/N-ethyl adjacent to an activating group) is 1. The van der Waals surface area contributed by atoms with Gasteiger partial charge in [0.2, 0.25) is 0 Å². The Labute approximate surface area is 305 Å². The number of nitrogens with two attached hydrogens (primary N) is 2. The van der Waals surface area contributed by atoms with E-state index in [1.807, 2.05) is 42.6 Å². The lowest BCUT2D eigenvalue weighted by atomic mass is 9.53. The number of carbonyl (C=O) groups is 4. The highest BCUT2D eigenvalue weighted by molar-refractivity contribution is 5.84. The van der Waals surface area contributed by atoms with Gasteiger partial charge in [0.15, 0.2) is 17.6 Å². The molecule has 1 unspecified atom stereocenters. The number of benzene rings is 2. The standard InChI is InChI=1S/C21H23NO5.C11H12N2O2.C6H9N3O2/c1-11(23)25-16-6-4-13-10-15-14-5-7-17(26-12(2)24)20-21(14,8-9-22(15)3)18(13)19(16)27-20;12-9(11(14)15)5-7-6-13-10-4-2-1-3-8(7)10;7-5(6(10)11)1-4-2-8-3-9-4/h4-7,14-15,17,20H,8-10H2,1-3H3;1-4,6,9,13H,5,12H2,(H,14,15);2-3,5H,1,7H2,(H,8,9)(H,10,11)/t14-,15+,17-,20-,21-;;5-/m0.0/s1. The number of fused-ring (bicyclic) bond motifs is 1. The lowest BCUT2D eigenvalue weighted by molar-refractivity contribution is -0.152. The highest BCUT2D eigenvalue weighted by Gasteiger charge is 2.65. The minimum absolute atomic E-state index is 0.245. The summed E-state index contributed by atoms with van der Waals surface area (Å²) in [5.74, 6) is -1.26. The quantitative estimate of drug-likeness (QED) is 0.0870. The van der Waals surface area contributed by atoms with E-state index in [-0.39, 0.29) is 35.8 Å². The number of likely N-dealkylation sites (tertiary alicyclic amines) is 1. The normalized spacial score (nSPS) is 24.2. The van der Waals surface area contributed by atoms with Gasteiger partial charge in [-0.15, -0.1) is 0 Å². The zero-order chi connectivity index (χ0) is 38.0. The Morgan fingerprint density at radius 1 is 1.02 bits per heavy atom. The fraction of sp³-hybridized carbons (Fsp3) is 0.395. The van der Waals surface area contributed by atoms with Crippen molar-refractivity contribution in [2.75, 3.05) is 13.6 Å². The molecule has 1 spiro atoms. The van der Waals surface area contributed by atoms with Crippen LogP contribution in [-0.4, -0.2) is 97.9 Å². The van der Waals surface area contributed by atoms with Crippen molar-refractivity contribution in [3.8, 4) is 11.5 Å². The van der Waals surface area contributed by atoms with E-state index in [0.29, 0.717) is 24.0 Å². The van der Waals surface area contributed by atoms with Crippen LogP contribution < -0.4 is 20.9 Å². The number of aromatic nitrogens is 3. The van der Waals surface area contributed by atoms with Crippen LogP contribution in [0.1, 0.15) is 42.7 Å². The molecule has 0 amide bonds. The summed E-state index contributed by atoms with van der Waals surface area (Å²) in [5, 5.41) is 18.2. The first-order valence-corrected chi connectivity index (χ1v) is 17.4. The maximum Gasteiger partial charge on any atom is 0.320 e. The van der Waals surface area contributed by atoms with E-state index in [1.54, 1.807) is 6.20 Å². The van der Waals surface area contributed by atoms with Gasteiger partial charge in [0.25, 0.3) is 0 Å². The number of hydrogen-bond acceptors (Lipinski definition) is 11. The minimum atomic E-state index is -1.00. The molecule has 1 fully saturated rings. The highest BCUT2D eigenvalue weighted by atomic mass is 16.6. The van der Waals surface area contributed by atoms with Crippen molar-refractivity contribution in [1.29, 1.82) is 0 Å². The van der Waals surface area contributed by atoms with Crippen molar-refractivity contribution in [1.82, 2.24) is 19.9 Å². The molecular formula is C38H44N6O9. The monoisotopic (exact) mass is 728 g/mol. The van der Waals surface area contributed by atoms with Gasteiger partial charge in [0, 0.05) is 78.6 Å². The number of carbonyl (C=O) groups excluding carboxylic acids is 2. The molecule has 0 radical (unpaired) electrons. The van der Waals surface area contributed by atoms with Crippen LogP contribution in [0.4, 0.5) is 0 Å². The SMILES string of the molecule is CC(=O)Oc1ccc2c3c1O[C@H]1[C@@H](OC(C)=O)C=C[C@H]4[C@@H](C2)N(C)CC[C@@]341.NC(Cc1c[nH]c2ccccc12)C(=O)O.N[C@@H](Cc1cnc[nH]1)C(=O)O. The summed E-state index contributed by atoms with van der Waals surface area (Å²) < 4.78 is 17.5. The van der Waals surface area contributed by atoms with E-state index in [1.165, 1.54) is 25.7 Å². The second-order valence-electron chi connectivity index (χ2n) is 13.8. The number of rotatable bonds is 8. The van der Waals surface area contributed by atoms with Gasteiger partial charge in [-0.2, -0.15) is 0 Å². The fourth-order valence-corrected chi connectivity index (χ4v) is 8.08. The smallest absolute Gasteiger partial charge is 0.320 e. The number of nitrogens with zero attached hydrogens (tertiary/aromatic N) is 2. The molecule has 2 aliphatic heterocycles. The van der Waals surface area contributed by atoms with Gasteiger partial charge in [-0.1, -0.05) is 30.3 Å². The van der Waals surface area contributed by atoms with Crippen LogP contribution in [0.3, 0.4) is 0 Å². The van der Waals surface area contributed by atoms with Crippen LogP contribution >= 0.6 is 0 Å². The number of piperidine rings is 1. The van der Waals surface area contributed by atoms with Crippen molar-refractivity contribution < 1.29 is 43.6 Å². The van der Waals surface area contributed by atoms with Crippen molar-refractivity contribution in [2.24, 2.45) is 17.4 Å². The van der Waals surface area contributed by atoms with Crippen molar-refractivity contribution >= 4 is 34.8 Å². The summed E-state index contributed by atoms with van der Waals surface area (Å²) in [6.45, 7) is 3.77. The molecule has 15 nitrogen and oxygen atoms in total. The van der Waals surface area contributed by atoms with Gasteiger partial charge in [0.1, 0.15) is 18.2 Å². The molecule has 2 aromatic heterocycles. The van der Waals surface area contributed by atoms with Gasteiger partial charge >= 0.3 is 23.9 Å².